The number of carbonyl (C=O) groups is 2. The Kier molecular flexibility index (Phi) is 20.9. The first kappa shape index (κ1) is 17.2. The van der Waals surface area contributed by atoms with Crippen molar-refractivity contribution < 1.29 is 9.59 Å². The third kappa shape index (κ3) is 23.0. The molecule has 0 aliphatic rings. The SMILES string of the molecule is CCC/C=C/C=O.CCCCC/C=C/C=O. The topological polar surface area (TPSA) is 34.1 Å². The molecule has 0 amide bonds. The first-order valence-corrected chi connectivity index (χ1v) is 6.04. The normalized spacial score (nSPS) is 10.1. The van der Waals surface area contributed by atoms with Crippen molar-refractivity contribution in [3.63, 3.8) is 0 Å². The monoisotopic (exact) mass is 224 g/mol. The average molecular weight is 224 g/mol. The maximum atomic E-state index is 9.75. The van der Waals surface area contributed by atoms with E-state index in [-0.39, 0.29) is 0 Å². The van der Waals surface area contributed by atoms with Crippen molar-refractivity contribution in [2.45, 2.75) is 52.4 Å². The predicted molar refractivity (Wildman–Crippen MR) is 69.5 cm³/mol. The first-order valence-electron chi connectivity index (χ1n) is 6.04. The van der Waals surface area contributed by atoms with Crippen LogP contribution in [0.4, 0.5) is 0 Å². The van der Waals surface area contributed by atoms with E-state index in [0.29, 0.717) is 0 Å². The Balaban J connectivity index is 0. The van der Waals surface area contributed by atoms with Crippen molar-refractivity contribution in [3.8, 4) is 0 Å². The highest BCUT2D eigenvalue weighted by Gasteiger charge is 1.79. The summed E-state index contributed by atoms with van der Waals surface area (Å²) < 4.78 is 0. The lowest BCUT2D eigenvalue weighted by molar-refractivity contribution is -0.104. The van der Waals surface area contributed by atoms with Gasteiger partial charge in [0.25, 0.3) is 0 Å². The van der Waals surface area contributed by atoms with Crippen LogP contribution < -0.4 is 0 Å². The number of aldehydes is 2. The van der Waals surface area contributed by atoms with Crippen molar-refractivity contribution in [1.82, 2.24) is 0 Å². The Morgan fingerprint density at radius 3 is 1.75 bits per heavy atom. The van der Waals surface area contributed by atoms with Gasteiger partial charge in [0, 0.05) is 0 Å². The van der Waals surface area contributed by atoms with E-state index in [4.69, 9.17) is 0 Å². The van der Waals surface area contributed by atoms with E-state index in [0.717, 1.165) is 31.8 Å². The van der Waals surface area contributed by atoms with Crippen LogP contribution in [0.3, 0.4) is 0 Å². The summed E-state index contributed by atoms with van der Waals surface area (Å²) >= 11 is 0. The van der Waals surface area contributed by atoms with Crippen LogP contribution in [0.2, 0.25) is 0 Å². The zero-order chi connectivity index (χ0) is 12.5. The summed E-state index contributed by atoms with van der Waals surface area (Å²) in [6, 6.07) is 0. The van der Waals surface area contributed by atoms with Crippen LogP contribution in [-0.4, -0.2) is 12.6 Å². The summed E-state index contributed by atoms with van der Waals surface area (Å²) in [4.78, 5) is 19.3. The molecule has 0 aliphatic carbocycles. The minimum Gasteiger partial charge on any atom is -0.299 e. The van der Waals surface area contributed by atoms with Crippen LogP contribution in [-0.2, 0) is 9.59 Å². The third-order valence-corrected chi connectivity index (χ3v) is 1.86. The molecule has 0 fully saturated rings. The number of unbranched alkanes of at least 4 members (excludes halogenated alkanes) is 4. The highest BCUT2D eigenvalue weighted by atomic mass is 16.1. The summed E-state index contributed by atoms with van der Waals surface area (Å²) in [7, 11) is 0. The van der Waals surface area contributed by atoms with E-state index in [1.54, 1.807) is 6.08 Å². The molecule has 0 aliphatic heterocycles. The second-order valence-electron chi connectivity index (χ2n) is 3.41. The molecule has 0 radical (unpaired) electrons. The minimum atomic E-state index is 0.801. The van der Waals surface area contributed by atoms with E-state index in [1.807, 2.05) is 12.2 Å². The number of hydrogen-bond donors (Lipinski definition) is 0. The van der Waals surface area contributed by atoms with Crippen molar-refractivity contribution in [3.05, 3.63) is 24.3 Å². The molecule has 0 saturated carbocycles. The summed E-state index contributed by atoms with van der Waals surface area (Å²) in [5, 5.41) is 0. The van der Waals surface area contributed by atoms with Gasteiger partial charge in [-0.15, -0.1) is 0 Å². The molecule has 0 aromatic carbocycles. The lowest BCUT2D eigenvalue weighted by Gasteiger charge is -1.88. The molecule has 0 unspecified atom stereocenters. The highest BCUT2D eigenvalue weighted by Crippen LogP contribution is 1.98. The van der Waals surface area contributed by atoms with Gasteiger partial charge in [0.15, 0.2) is 0 Å². The van der Waals surface area contributed by atoms with Gasteiger partial charge in [0.1, 0.15) is 12.6 Å². The molecule has 0 saturated heterocycles. The molecular formula is C14H24O2. The Hall–Kier alpha value is -1.18. The summed E-state index contributed by atoms with van der Waals surface area (Å²) in [5.41, 5.74) is 0. The largest absolute Gasteiger partial charge is 0.299 e. The van der Waals surface area contributed by atoms with Crippen molar-refractivity contribution in [2.24, 2.45) is 0 Å². The molecule has 16 heavy (non-hydrogen) atoms. The van der Waals surface area contributed by atoms with Crippen LogP contribution in [0, 0.1) is 0 Å². The molecule has 92 valence electrons. The summed E-state index contributed by atoms with van der Waals surface area (Å²) in [6.07, 6.45) is 15.4. The number of carbonyl (C=O) groups excluding carboxylic acids is 2. The van der Waals surface area contributed by atoms with Crippen LogP contribution in [0.15, 0.2) is 24.3 Å². The zero-order valence-electron chi connectivity index (χ0n) is 10.5. The van der Waals surface area contributed by atoms with Gasteiger partial charge in [-0.05, 0) is 31.4 Å². The van der Waals surface area contributed by atoms with Gasteiger partial charge in [-0.25, -0.2) is 0 Å². The van der Waals surface area contributed by atoms with Gasteiger partial charge >= 0.3 is 0 Å². The van der Waals surface area contributed by atoms with Crippen LogP contribution in [0.25, 0.3) is 0 Å². The number of allylic oxidation sites excluding steroid dienone is 4. The molecule has 2 heteroatoms. The van der Waals surface area contributed by atoms with Crippen LogP contribution in [0.5, 0.6) is 0 Å². The van der Waals surface area contributed by atoms with Gasteiger partial charge in [0.2, 0.25) is 0 Å². The lowest BCUT2D eigenvalue weighted by Crippen LogP contribution is -1.70. The molecule has 0 bridgehead atoms. The second-order valence-corrected chi connectivity index (χ2v) is 3.41. The van der Waals surface area contributed by atoms with Gasteiger partial charge in [-0.2, -0.15) is 0 Å². The molecule has 0 spiro atoms. The van der Waals surface area contributed by atoms with E-state index in [1.165, 1.54) is 25.3 Å². The smallest absolute Gasteiger partial charge is 0.142 e. The standard InChI is InChI=1S/C8H14O.C6H10O/c1-2-3-4-5-6-7-8-9;1-2-3-4-5-6-7/h6-8H,2-5H2,1H3;4-6H,2-3H2,1H3/b7-6+;5-4+. The van der Waals surface area contributed by atoms with E-state index in [2.05, 4.69) is 13.8 Å². The maximum Gasteiger partial charge on any atom is 0.142 e. The van der Waals surface area contributed by atoms with Crippen molar-refractivity contribution in [2.75, 3.05) is 0 Å². The van der Waals surface area contributed by atoms with E-state index < -0.39 is 0 Å². The van der Waals surface area contributed by atoms with E-state index >= 15 is 0 Å². The number of hydrogen-bond acceptors (Lipinski definition) is 2. The predicted octanol–water partition coefficient (Wildman–Crippen LogP) is 3.86. The second kappa shape index (κ2) is 19.4. The van der Waals surface area contributed by atoms with E-state index in [9.17, 15) is 9.59 Å². The molecule has 0 N–H and O–H groups in total. The Labute approximate surface area is 99.4 Å². The molecule has 0 heterocycles. The third-order valence-electron chi connectivity index (χ3n) is 1.86. The zero-order valence-corrected chi connectivity index (χ0v) is 10.5. The Bertz CT molecular complexity index is 193. The quantitative estimate of drug-likeness (QED) is 0.356. The molecule has 0 rings (SSSR count). The summed E-state index contributed by atoms with van der Waals surface area (Å²) in [5.74, 6) is 0. The highest BCUT2D eigenvalue weighted by molar-refractivity contribution is 5.64. The molecular weight excluding hydrogens is 200 g/mol. The van der Waals surface area contributed by atoms with Crippen molar-refractivity contribution in [1.29, 1.82) is 0 Å². The van der Waals surface area contributed by atoms with Gasteiger partial charge in [-0.3, -0.25) is 9.59 Å². The Morgan fingerprint density at radius 2 is 1.31 bits per heavy atom. The fraction of sp³-hybridized carbons (Fsp3) is 0.571. The van der Waals surface area contributed by atoms with Crippen molar-refractivity contribution >= 4 is 12.6 Å². The van der Waals surface area contributed by atoms with Gasteiger partial charge in [0.05, 0.1) is 0 Å². The minimum absolute atomic E-state index is 0.801. The van der Waals surface area contributed by atoms with Crippen LogP contribution in [0.1, 0.15) is 52.4 Å². The summed E-state index contributed by atoms with van der Waals surface area (Å²) in [6.45, 7) is 4.25. The lowest BCUT2D eigenvalue weighted by atomic mass is 10.2. The van der Waals surface area contributed by atoms with Crippen LogP contribution >= 0.6 is 0 Å². The fourth-order valence-corrected chi connectivity index (χ4v) is 0.982. The Morgan fingerprint density at radius 1 is 0.750 bits per heavy atom. The average Bonchev–Trinajstić information content (AvgIpc) is 2.31. The molecule has 0 aromatic heterocycles. The fourth-order valence-electron chi connectivity index (χ4n) is 0.982. The van der Waals surface area contributed by atoms with Gasteiger partial charge in [-0.1, -0.05) is 45.3 Å². The molecule has 2 nitrogen and oxygen atoms in total. The molecule has 0 aromatic rings. The molecule has 0 atom stereocenters. The maximum absolute atomic E-state index is 9.75. The first-order chi connectivity index (χ1) is 7.83. The van der Waals surface area contributed by atoms with Gasteiger partial charge < -0.3 is 0 Å². The number of rotatable bonds is 8.